The van der Waals surface area contributed by atoms with Gasteiger partial charge in [0.25, 0.3) is 5.91 Å². The van der Waals surface area contributed by atoms with E-state index in [1.54, 1.807) is 12.1 Å². The number of hydrogen-bond acceptors (Lipinski definition) is 4. The first-order valence-corrected chi connectivity index (χ1v) is 5.96. The van der Waals surface area contributed by atoms with Crippen molar-refractivity contribution in [2.75, 3.05) is 5.43 Å². The molecule has 2 rings (SSSR count). The number of amides is 1. The van der Waals surface area contributed by atoms with Crippen LogP contribution in [0.3, 0.4) is 0 Å². The van der Waals surface area contributed by atoms with Gasteiger partial charge in [-0.05, 0) is 24.3 Å². The van der Waals surface area contributed by atoms with E-state index >= 15 is 0 Å². The largest absolute Gasteiger partial charge is 0.295 e. The van der Waals surface area contributed by atoms with Crippen molar-refractivity contribution in [3.05, 3.63) is 58.4 Å². The highest BCUT2D eigenvalue weighted by Crippen LogP contribution is 2.18. The van der Waals surface area contributed by atoms with Crippen molar-refractivity contribution in [3.63, 3.8) is 0 Å². The summed E-state index contributed by atoms with van der Waals surface area (Å²) in [7, 11) is 0. The van der Waals surface area contributed by atoms with E-state index in [-0.39, 0.29) is 16.4 Å². The number of carbonyl (C=O) groups excluding carboxylic acids is 1. The van der Waals surface area contributed by atoms with Crippen LogP contribution >= 0.6 is 11.6 Å². The number of anilines is 1. The van der Waals surface area contributed by atoms with Crippen LogP contribution in [0.2, 0.25) is 5.15 Å². The summed E-state index contributed by atoms with van der Waals surface area (Å²) in [6.45, 7) is 0. The maximum Gasteiger partial charge on any atom is 0.275 e. The Hall–Kier alpha value is -2.72. The van der Waals surface area contributed by atoms with E-state index < -0.39 is 23.1 Å². The molecular weight excluding hydrogens is 302 g/mol. The third-order valence-electron chi connectivity index (χ3n) is 2.47. The zero-order valence-corrected chi connectivity index (χ0v) is 11.1. The second kappa shape index (κ2) is 6.15. The summed E-state index contributed by atoms with van der Waals surface area (Å²) in [5.74, 6) is -3.32. The molecule has 8 heteroatoms. The van der Waals surface area contributed by atoms with Crippen molar-refractivity contribution in [3.8, 4) is 6.07 Å². The van der Waals surface area contributed by atoms with Gasteiger partial charge in [-0.15, -0.1) is 0 Å². The number of pyridine rings is 1. The number of benzene rings is 1. The number of hydrogen-bond donors (Lipinski definition) is 2. The molecule has 1 aromatic carbocycles. The lowest BCUT2D eigenvalue weighted by atomic mass is 10.1. The van der Waals surface area contributed by atoms with E-state index in [1.165, 1.54) is 12.3 Å². The molecule has 0 unspecified atom stereocenters. The molecule has 5 nitrogen and oxygen atoms in total. The number of carbonyl (C=O) groups is 1. The second-order valence-corrected chi connectivity index (χ2v) is 4.21. The Labute approximate surface area is 123 Å². The SMILES string of the molecule is N#Cc1cc(F)c(C(=O)NNc2cccnc2Cl)c(F)c1. The number of nitriles is 1. The predicted molar refractivity (Wildman–Crippen MR) is 71.4 cm³/mol. The molecule has 1 amide bonds. The number of nitrogens with one attached hydrogen (secondary N) is 2. The maximum atomic E-state index is 13.6. The Morgan fingerprint density at radius 2 is 2.00 bits per heavy atom. The van der Waals surface area contributed by atoms with Gasteiger partial charge in [-0.25, -0.2) is 13.8 Å². The first-order valence-electron chi connectivity index (χ1n) is 5.59. The van der Waals surface area contributed by atoms with Crippen molar-refractivity contribution in [2.45, 2.75) is 0 Å². The summed E-state index contributed by atoms with van der Waals surface area (Å²) >= 11 is 5.75. The molecule has 2 N–H and O–H groups in total. The minimum atomic E-state index is -1.14. The van der Waals surface area contributed by atoms with Crippen LogP contribution in [0.5, 0.6) is 0 Å². The van der Waals surface area contributed by atoms with Gasteiger partial charge in [-0.3, -0.25) is 15.6 Å². The topological polar surface area (TPSA) is 77.8 Å². The molecule has 0 bridgehead atoms. The molecule has 0 saturated heterocycles. The van der Waals surface area contributed by atoms with Crippen LogP contribution in [0.25, 0.3) is 0 Å². The highest BCUT2D eigenvalue weighted by atomic mass is 35.5. The molecule has 0 aliphatic rings. The normalized spacial score (nSPS) is 9.81. The number of nitrogens with zero attached hydrogens (tertiary/aromatic N) is 2. The van der Waals surface area contributed by atoms with Gasteiger partial charge < -0.3 is 0 Å². The van der Waals surface area contributed by atoms with Crippen molar-refractivity contribution in [2.24, 2.45) is 0 Å². The predicted octanol–water partition coefficient (Wildman–Crippen LogP) is 2.64. The van der Waals surface area contributed by atoms with E-state index in [9.17, 15) is 13.6 Å². The number of aromatic nitrogens is 1. The lowest BCUT2D eigenvalue weighted by Crippen LogP contribution is -2.31. The number of hydrazine groups is 1. The van der Waals surface area contributed by atoms with Gasteiger partial charge in [0, 0.05) is 6.20 Å². The summed E-state index contributed by atoms with van der Waals surface area (Å²) in [6, 6.07) is 6.21. The minimum absolute atomic E-state index is 0.0820. The lowest BCUT2D eigenvalue weighted by Gasteiger charge is -2.10. The fraction of sp³-hybridized carbons (Fsp3) is 0. The molecule has 0 radical (unpaired) electrons. The van der Waals surface area contributed by atoms with Crippen molar-refractivity contribution >= 4 is 23.2 Å². The molecular formula is C13H7ClF2N4O. The van der Waals surface area contributed by atoms with Crippen LogP contribution < -0.4 is 10.9 Å². The fourth-order valence-electron chi connectivity index (χ4n) is 1.52. The Kier molecular flexibility index (Phi) is 4.30. The second-order valence-electron chi connectivity index (χ2n) is 3.85. The van der Waals surface area contributed by atoms with Crippen LogP contribution in [0, 0.1) is 23.0 Å². The van der Waals surface area contributed by atoms with E-state index in [1.807, 2.05) is 0 Å². The molecule has 0 aliphatic heterocycles. The fourth-order valence-corrected chi connectivity index (χ4v) is 1.69. The Bertz CT molecular complexity index is 722. The van der Waals surface area contributed by atoms with Crippen molar-refractivity contribution in [1.29, 1.82) is 5.26 Å². The van der Waals surface area contributed by atoms with E-state index in [2.05, 4.69) is 15.8 Å². The van der Waals surface area contributed by atoms with Crippen molar-refractivity contribution < 1.29 is 13.6 Å². The number of rotatable bonds is 3. The maximum absolute atomic E-state index is 13.6. The van der Waals surface area contributed by atoms with E-state index in [0.717, 1.165) is 12.1 Å². The van der Waals surface area contributed by atoms with Crippen LogP contribution in [0.15, 0.2) is 30.5 Å². The Morgan fingerprint density at radius 1 is 1.33 bits per heavy atom. The molecule has 1 heterocycles. The minimum Gasteiger partial charge on any atom is -0.295 e. The summed E-state index contributed by atoms with van der Waals surface area (Å²) in [4.78, 5) is 15.5. The molecule has 0 fully saturated rings. The summed E-state index contributed by atoms with van der Waals surface area (Å²) in [6.07, 6.45) is 1.44. The molecule has 0 spiro atoms. The summed E-state index contributed by atoms with van der Waals surface area (Å²) in [5, 5.41) is 8.66. The molecule has 0 aliphatic carbocycles. The van der Waals surface area contributed by atoms with Gasteiger partial charge in [0.1, 0.15) is 17.2 Å². The third-order valence-corrected chi connectivity index (χ3v) is 2.77. The monoisotopic (exact) mass is 308 g/mol. The Morgan fingerprint density at radius 3 is 2.57 bits per heavy atom. The zero-order valence-electron chi connectivity index (χ0n) is 10.3. The third kappa shape index (κ3) is 3.24. The van der Waals surface area contributed by atoms with Gasteiger partial charge in [0.15, 0.2) is 5.15 Å². The molecule has 1 aromatic heterocycles. The first-order chi connectivity index (χ1) is 10.0. The standard InChI is InChI=1S/C13H7ClF2N4O/c14-12-10(2-1-3-18-12)19-20-13(21)11-8(15)4-7(6-17)5-9(11)16/h1-5,19H,(H,20,21). The molecule has 0 saturated carbocycles. The highest BCUT2D eigenvalue weighted by molar-refractivity contribution is 6.31. The zero-order chi connectivity index (χ0) is 15.4. The van der Waals surface area contributed by atoms with Gasteiger partial charge in [0.05, 0.1) is 17.3 Å². The van der Waals surface area contributed by atoms with Crippen LogP contribution in [0.1, 0.15) is 15.9 Å². The van der Waals surface area contributed by atoms with E-state index in [4.69, 9.17) is 16.9 Å². The van der Waals surface area contributed by atoms with Crippen LogP contribution in [-0.4, -0.2) is 10.9 Å². The average molecular weight is 309 g/mol. The highest BCUT2D eigenvalue weighted by Gasteiger charge is 2.19. The van der Waals surface area contributed by atoms with E-state index in [0.29, 0.717) is 0 Å². The van der Waals surface area contributed by atoms with Gasteiger partial charge in [-0.1, -0.05) is 11.6 Å². The van der Waals surface area contributed by atoms with Gasteiger partial charge in [-0.2, -0.15) is 5.26 Å². The molecule has 106 valence electrons. The van der Waals surface area contributed by atoms with Crippen LogP contribution in [0.4, 0.5) is 14.5 Å². The molecule has 2 aromatic rings. The van der Waals surface area contributed by atoms with Gasteiger partial charge >= 0.3 is 0 Å². The van der Waals surface area contributed by atoms with Crippen molar-refractivity contribution in [1.82, 2.24) is 10.4 Å². The summed E-state index contributed by atoms with van der Waals surface area (Å²) < 4.78 is 27.3. The lowest BCUT2D eigenvalue weighted by molar-refractivity contribution is 0.0954. The smallest absolute Gasteiger partial charge is 0.275 e. The Balaban J connectivity index is 2.19. The molecule has 21 heavy (non-hydrogen) atoms. The van der Waals surface area contributed by atoms with Crippen LogP contribution in [-0.2, 0) is 0 Å². The van der Waals surface area contributed by atoms with Gasteiger partial charge in [0.2, 0.25) is 0 Å². The number of halogens is 3. The quantitative estimate of drug-likeness (QED) is 0.675. The molecule has 0 atom stereocenters. The first kappa shape index (κ1) is 14.7. The summed E-state index contributed by atoms with van der Waals surface area (Å²) in [5.41, 5.74) is 3.74. The average Bonchev–Trinajstić information content (AvgIpc) is 2.45.